The van der Waals surface area contributed by atoms with Crippen molar-refractivity contribution in [2.75, 3.05) is 39.4 Å². The maximum absolute atomic E-state index is 13.3. The van der Waals surface area contributed by atoms with E-state index in [-0.39, 0.29) is 22.5 Å². The number of piperidine rings is 1. The summed E-state index contributed by atoms with van der Waals surface area (Å²) in [7, 11) is -3.76. The number of ether oxygens (including phenoxy) is 2. The third kappa shape index (κ3) is 4.67. The number of hydrogen-bond acceptors (Lipinski definition) is 5. The first-order chi connectivity index (χ1) is 15.4. The van der Waals surface area contributed by atoms with Crippen LogP contribution in [0.2, 0.25) is 0 Å². The van der Waals surface area contributed by atoms with Crippen molar-refractivity contribution in [1.82, 2.24) is 9.21 Å². The fourth-order valence-corrected chi connectivity index (χ4v) is 5.88. The first-order valence-electron chi connectivity index (χ1n) is 11.1. The van der Waals surface area contributed by atoms with Crippen LogP contribution in [0.4, 0.5) is 0 Å². The minimum absolute atomic E-state index is 0.0335. The second kappa shape index (κ2) is 9.60. The van der Waals surface area contributed by atoms with Crippen molar-refractivity contribution in [1.29, 1.82) is 0 Å². The lowest BCUT2D eigenvalue weighted by Crippen LogP contribution is -2.43. The van der Waals surface area contributed by atoms with Crippen LogP contribution in [0.25, 0.3) is 0 Å². The molecular formula is C24H30N2O5S. The topological polar surface area (TPSA) is 76.2 Å². The number of hydrogen-bond donors (Lipinski definition) is 0. The number of amides is 1. The number of sulfonamides is 1. The van der Waals surface area contributed by atoms with Gasteiger partial charge in [-0.1, -0.05) is 30.3 Å². The molecule has 2 aromatic carbocycles. The average molecular weight is 459 g/mol. The van der Waals surface area contributed by atoms with E-state index in [0.29, 0.717) is 52.2 Å². The summed E-state index contributed by atoms with van der Waals surface area (Å²) in [6.07, 6.45) is 1.45. The minimum Gasteiger partial charge on any atom is -0.490 e. The number of morpholine rings is 1. The number of benzene rings is 2. The highest BCUT2D eigenvalue weighted by Crippen LogP contribution is 2.28. The molecule has 32 heavy (non-hydrogen) atoms. The zero-order chi connectivity index (χ0) is 22.7. The van der Waals surface area contributed by atoms with Crippen LogP contribution in [-0.2, 0) is 14.8 Å². The Hall–Kier alpha value is -2.42. The Bertz CT molecular complexity index is 1050. The molecule has 0 saturated carbocycles. The van der Waals surface area contributed by atoms with Crippen molar-refractivity contribution < 1.29 is 22.7 Å². The fraction of sp³-hybridized carbons (Fsp3) is 0.458. The molecule has 2 saturated heterocycles. The molecule has 2 fully saturated rings. The second-order valence-corrected chi connectivity index (χ2v) is 10.2. The Balaban J connectivity index is 1.46. The zero-order valence-electron chi connectivity index (χ0n) is 18.6. The molecule has 2 heterocycles. The summed E-state index contributed by atoms with van der Waals surface area (Å²) in [5.41, 5.74) is 2.43. The van der Waals surface area contributed by atoms with Crippen LogP contribution in [0.15, 0.2) is 47.4 Å². The number of rotatable bonds is 5. The van der Waals surface area contributed by atoms with Crippen LogP contribution < -0.4 is 4.74 Å². The number of para-hydroxylation sites is 1. The average Bonchev–Trinajstić information content (AvgIpc) is 2.82. The molecule has 0 unspecified atom stereocenters. The Morgan fingerprint density at radius 2 is 1.56 bits per heavy atom. The first-order valence-corrected chi connectivity index (χ1v) is 12.5. The Morgan fingerprint density at radius 3 is 2.22 bits per heavy atom. The van der Waals surface area contributed by atoms with Gasteiger partial charge in [0.15, 0.2) is 0 Å². The van der Waals surface area contributed by atoms with Crippen molar-refractivity contribution in [3.05, 3.63) is 59.2 Å². The number of carbonyl (C=O) groups excluding carboxylic acids is 1. The van der Waals surface area contributed by atoms with Gasteiger partial charge in [-0.25, -0.2) is 8.42 Å². The summed E-state index contributed by atoms with van der Waals surface area (Å²) in [5, 5.41) is 0. The van der Waals surface area contributed by atoms with Gasteiger partial charge in [0.05, 0.1) is 23.7 Å². The predicted molar refractivity (Wildman–Crippen MR) is 121 cm³/mol. The van der Waals surface area contributed by atoms with Crippen molar-refractivity contribution in [3.8, 4) is 5.75 Å². The van der Waals surface area contributed by atoms with Crippen LogP contribution in [0.5, 0.6) is 5.75 Å². The molecule has 0 spiro atoms. The number of nitrogens with zero attached hydrogens (tertiary/aromatic N) is 2. The van der Waals surface area contributed by atoms with Gasteiger partial charge < -0.3 is 14.4 Å². The van der Waals surface area contributed by atoms with Crippen LogP contribution in [0, 0.1) is 13.8 Å². The second-order valence-electron chi connectivity index (χ2n) is 8.34. The minimum atomic E-state index is -3.76. The van der Waals surface area contributed by atoms with Crippen molar-refractivity contribution in [2.24, 2.45) is 0 Å². The Labute approximate surface area is 190 Å². The van der Waals surface area contributed by atoms with E-state index < -0.39 is 10.0 Å². The summed E-state index contributed by atoms with van der Waals surface area (Å²) in [6.45, 7) is 6.45. The summed E-state index contributed by atoms with van der Waals surface area (Å²) in [6, 6.07) is 12.6. The highest BCUT2D eigenvalue weighted by Gasteiger charge is 2.32. The number of aryl methyl sites for hydroxylation is 2. The molecular weight excluding hydrogens is 428 g/mol. The molecule has 2 aliphatic heterocycles. The van der Waals surface area contributed by atoms with E-state index in [0.717, 1.165) is 16.9 Å². The van der Waals surface area contributed by atoms with Gasteiger partial charge >= 0.3 is 0 Å². The van der Waals surface area contributed by atoms with Gasteiger partial charge in [-0.05, 0) is 37.1 Å². The maximum atomic E-state index is 13.3. The lowest BCUT2D eigenvalue weighted by Gasteiger charge is -2.33. The molecule has 2 aliphatic rings. The van der Waals surface area contributed by atoms with Gasteiger partial charge in [0, 0.05) is 39.0 Å². The van der Waals surface area contributed by atoms with Gasteiger partial charge in [0.25, 0.3) is 5.91 Å². The van der Waals surface area contributed by atoms with Gasteiger partial charge in [0.2, 0.25) is 10.0 Å². The molecule has 8 heteroatoms. The van der Waals surface area contributed by atoms with Crippen molar-refractivity contribution >= 4 is 15.9 Å². The first kappa shape index (κ1) is 22.8. The highest BCUT2D eigenvalue weighted by atomic mass is 32.2. The van der Waals surface area contributed by atoms with E-state index in [1.165, 1.54) is 10.4 Å². The monoisotopic (exact) mass is 458 g/mol. The van der Waals surface area contributed by atoms with E-state index in [4.69, 9.17) is 9.47 Å². The van der Waals surface area contributed by atoms with E-state index in [2.05, 4.69) is 0 Å². The maximum Gasteiger partial charge on any atom is 0.255 e. The lowest BCUT2D eigenvalue weighted by atomic mass is 10.1. The summed E-state index contributed by atoms with van der Waals surface area (Å²) in [4.78, 5) is 15.1. The van der Waals surface area contributed by atoms with Crippen LogP contribution in [0.1, 0.15) is 34.3 Å². The van der Waals surface area contributed by atoms with Crippen LogP contribution in [-0.4, -0.2) is 69.0 Å². The molecule has 0 bridgehead atoms. The molecule has 0 aliphatic carbocycles. The molecule has 1 amide bonds. The highest BCUT2D eigenvalue weighted by molar-refractivity contribution is 7.89. The van der Waals surface area contributed by atoms with Gasteiger partial charge in [-0.2, -0.15) is 4.31 Å². The molecule has 4 rings (SSSR count). The zero-order valence-corrected chi connectivity index (χ0v) is 19.4. The summed E-state index contributed by atoms with van der Waals surface area (Å²) < 4.78 is 39.3. The molecule has 2 aromatic rings. The lowest BCUT2D eigenvalue weighted by molar-refractivity contribution is 0.0588. The third-order valence-electron chi connectivity index (χ3n) is 6.13. The predicted octanol–water partition coefficient (Wildman–Crippen LogP) is 3.01. The molecule has 0 N–H and O–H groups in total. The van der Waals surface area contributed by atoms with Crippen LogP contribution in [0.3, 0.4) is 0 Å². The van der Waals surface area contributed by atoms with Gasteiger partial charge in [-0.3, -0.25) is 4.79 Å². The quantitative estimate of drug-likeness (QED) is 0.689. The number of carbonyl (C=O) groups is 1. The summed E-state index contributed by atoms with van der Waals surface area (Å²) in [5.74, 6) is 0.669. The molecule has 0 aromatic heterocycles. The Kier molecular flexibility index (Phi) is 6.83. The molecule has 172 valence electrons. The normalized spacial score (nSPS) is 18.5. The van der Waals surface area contributed by atoms with Crippen molar-refractivity contribution in [3.63, 3.8) is 0 Å². The van der Waals surface area contributed by atoms with Crippen molar-refractivity contribution in [2.45, 2.75) is 37.7 Å². The fourth-order valence-electron chi connectivity index (χ4n) is 4.29. The molecule has 0 atom stereocenters. The van der Waals surface area contributed by atoms with E-state index >= 15 is 0 Å². The molecule has 0 radical (unpaired) electrons. The van der Waals surface area contributed by atoms with E-state index in [1.807, 2.05) is 32.0 Å². The Morgan fingerprint density at radius 1 is 0.938 bits per heavy atom. The van der Waals surface area contributed by atoms with E-state index in [9.17, 15) is 13.2 Å². The molecule has 7 nitrogen and oxygen atoms in total. The van der Waals surface area contributed by atoms with Crippen LogP contribution >= 0.6 is 0 Å². The third-order valence-corrected chi connectivity index (χ3v) is 8.08. The van der Waals surface area contributed by atoms with Gasteiger partial charge in [-0.15, -0.1) is 0 Å². The summed E-state index contributed by atoms with van der Waals surface area (Å²) >= 11 is 0. The van der Waals surface area contributed by atoms with E-state index in [1.54, 1.807) is 23.1 Å². The number of likely N-dealkylation sites (tertiary alicyclic amines) is 1. The van der Waals surface area contributed by atoms with Gasteiger partial charge in [0.1, 0.15) is 11.9 Å². The SMILES string of the molecule is Cc1cccc(C)c1OC1CCN(C(=O)c2ccccc2S(=O)(=O)N2CCOCC2)CC1. The standard InChI is InChI=1S/C24H30N2O5S/c1-18-6-5-7-19(2)23(18)31-20-10-12-25(13-11-20)24(27)21-8-3-4-9-22(21)32(28,29)26-14-16-30-17-15-26/h3-9,20H,10-17H2,1-2H3. The smallest absolute Gasteiger partial charge is 0.255 e. The largest absolute Gasteiger partial charge is 0.490 e.